The molecule has 0 bridgehead atoms. The summed E-state index contributed by atoms with van der Waals surface area (Å²) in [4.78, 5) is 4.12. The third-order valence-electron chi connectivity index (χ3n) is 2.11. The van der Waals surface area contributed by atoms with E-state index >= 15 is 0 Å². The van der Waals surface area contributed by atoms with Gasteiger partial charge in [0.25, 0.3) is 0 Å². The molecule has 0 N–H and O–H groups in total. The number of aryl methyl sites for hydroxylation is 1. The molecule has 1 aromatic heterocycles. The lowest BCUT2D eigenvalue weighted by Crippen LogP contribution is -2.00. The normalized spacial score (nSPS) is 12.8. The van der Waals surface area contributed by atoms with Crippen molar-refractivity contribution in [1.29, 1.82) is 0 Å². The van der Waals surface area contributed by atoms with Gasteiger partial charge in [-0.15, -0.1) is 11.6 Å². The van der Waals surface area contributed by atoms with Gasteiger partial charge in [0.05, 0.1) is 0 Å². The van der Waals surface area contributed by atoms with E-state index in [1.807, 2.05) is 6.20 Å². The fourth-order valence-corrected chi connectivity index (χ4v) is 2.11. The van der Waals surface area contributed by atoms with Crippen LogP contribution in [0, 0.1) is 0 Å². The van der Waals surface area contributed by atoms with E-state index in [-0.39, 0.29) is 0 Å². The number of hydrogen-bond donors (Lipinski definition) is 0. The number of aromatic nitrogens is 1. The molecule has 0 aliphatic heterocycles. The summed E-state index contributed by atoms with van der Waals surface area (Å²) >= 11 is 9.54. The van der Waals surface area contributed by atoms with Crippen molar-refractivity contribution in [3.05, 3.63) is 28.5 Å². The Morgan fingerprint density at radius 1 is 1.43 bits per heavy atom. The highest BCUT2D eigenvalue weighted by Gasteiger charge is 2.03. The lowest BCUT2D eigenvalue weighted by atomic mass is 10.1. The third-order valence-corrected chi connectivity index (χ3v) is 2.98. The van der Waals surface area contributed by atoms with Crippen LogP contribution in [0.5, 0.6) is 0 Å². The van der Waals surface area contributed by atoms with E-state index in [2.05, 4.69) is 33.9 Å². The van der Waals surface area contributed by atoms with Crippen molar-refractivity contribution in [3.63, 3.8) is 0 Å². The van der Waals surface area contributed by atoms with Gasteiger partial charge in [-0.2, -0.15) is 0 Å². The van der Waals surface area contributed by atoms with E-state index in [0.29, 0.717) is 5.38 Å². The molecule has 0 aliphatic carbocycles. The zero-order valence-electron chi connectivity index (χ0n) is 8.34. The molecule has 0 saturated heterocycles. The number of pyridine rings is 1. The summed E-state index contributed by atoms with van der Waals surface area (Å²) in [5.74, 6) is 0. The predicted octanol–water partition coefficient (Wildman–Crippen LogP) is 4.18. The second-order valence-corrected chi connectivity index (χ2v) is 4.97. The smallest absolute Gasteiger partial charge is 0.0410 e. The molecule has 0 spiro atoms. The maximum absolute atomic E-state index is 6.14. The summed E-state index contributed by atoms with van der Waals surface area (Å²) in [5, 5.41) is 0.305. The van der Waals surface area contributed by atoms with Crippen molar-refractivity contribution in [3.8, 4) is 0 Å². The molecule has 0 amide bonds. The second-order valence-electron chi connectivity index (χ2n) is 3.44. The first-order valence-electron chi connectivity index (χ1n) is 4.96. The van der Waals surface area contributed by atoms with Crippen molar-refractivity contribution in [2.24, 2.45) is 0 Å². The first kappa shape index (κ1) is 12.0. The minimum Gasteiger partial charge on any atom is -0.263 e. The molecule has 0 aliphatic rings. The molecule has 1 aromatic rings. The molecule has 78 valence electrons. The number of nitrogens with zero attached hydrogens (tertiary/aromatic N) is 1. The van der Waals surface area contributed by atoms with Gasteiger partial charge < -0.3 is 0 Å². The predicted molar refractivity (Wildman–Crippen MR) is 64.8 cm³/mol. The average molecular weight is 277 g/mol. The van der Waals surface area contributed by atoms with Crippen molar-refractivity contribution in [2.45, 2.75) is 38.0 Å². The minimum absolute atomic E-state index is 0.305. The molecule has 0 saturated carbocycles. The van der Waals surface area contributed by atoms with Crippen LogP contribution < -0.4 is 0 Å². The SMILES string of the molecule is CCCC(Cl)CCc1cncc(Br)c1. The van der Waals surface area contributed by atoms with Gasteiger partial charge in [-0.05, 0) is 46.8 Å². The van der Waals surface area contributed by atoms with Crippen LogP contribution in [0.4, 0.5) is 0 Å². The van der Waals surface area contributed by atoms with E-state index in [0.717, 1.165) is 30.2 Å². The fourth-order valence-electron chi connectivity index (χ4n) is 1.37. The third kappa shape index (κ3) is 4.43. The van der Waals surface area contributed by atoms with Gasteiger partial charge >= 0.3 is 0 Å². The topological polar surface area (TPSA) is 12.9 Å². The molecule has 3 heteroatoms. The van der Waals surface area contributed by atoms with Crippen LogP contribution in [0.1, 0.15) is 31.7 Å². The lowest BCUT2D eigenvalue weighted by molar-refractivity contribution is 0.675. The summed E-state index contributed by atoms with van der Waals surface area (Å²) in [6, 6.07) is 2.10. The molecule has 0 radical (unpaired) electrons. The largest absolute Gasteiger partial charge is 0.263 e. The van der Waals surface area contributed by atoms with E-state index in [9.17, 15) is 0 Å². The average Bonchev–Trinajstić information content (AvgIpc) is 2.15. The molecule has 1 unspecified atom stereocenters. The van der Waals surface area contributed by atoms with Gasteiger partial charge in [0, 0.05) is 22.2 Å². The standard InChI is InChI=1S/C11H15BrClN/c1-2-3-11(13)5-4-9-6-10(12)8-14-7-9/h6-8,11H,2-5H2,1H3. The molecular formula is C11H15BrClN. The Morgan fingerprint density at radius 2 is 2.21 bits per heavy atom. The fraction of sp³-hybridized carbons (Fsp3) is 0.545. The van der Waals surface area contributed by atoms with Gasteiger partial charge in [0.1, 0.15) is 0 Å². The molecule has 1 atom stereocenters. The highest BCUT2D eigenvalue weighted by Crippen LogP contribution is 2.15. The van der Waals surface area contributed by atoms with Crippen LogP contribution in [-0.2, 0) is 6.42 Å². The Morgan fingerprint density at radius 3 is 2.86 bits per heavy atom. The first-order chi connectivity index (χ1) is 6.72. The maximum Gasteiger partial charge on any atom is 0.0410 e. The molecular weight excluding hydrogens is 261 g/mol. The van der Waals surface area contributed by atoms with Crippen molar-refractivity contribution in [2.75, 3.05) is 0 Å². The van der Waals surface area contributed by atoms with Gasteiger partial charge in [-0.3, -0.25) is 4.98 Å². The molecule has 14 heavy (non-hydrogen) atoms. The van der Waals surface area contributed by atoms with Crippen LogP contribution in [0.2, 0.25) is 0 Å². The molecule has 1 nitrogen and oxygen atoms in total. The summed E-state index contributed by atoms with van der Waals surface area (Å²) in [6.07, 6.45) is 8.01. The summed E-state index contributed by atoms with van der Waals surface area (Å²) < 4.78 is 1.04. The Labute approximate surface area is 99.0 Å². The molecule has 1 heterocycles. The van der Waals surface area contributed by atoms with Crippen molar-refractivity contribution in [1.82, 2.24) is 4.98 Å². The molecule has 0 fully saturated rings. The van der Waals surface area contributed by atoms with Gasteiger partial charge in [0.15, 0.2) is 0 Å². The highest BCUT2D eigenvalue weighted by molar-refractivity contribution is 9.10. The summed E-state index contributed by atoms with van der Waals surface area (Å²) in [5.41, 5.74) is 1.25. The van der Waals surface area contributed by atoms with Crippen LogP contribution in [0.25, 0.3) is 0 Å². The molecule has 1 rings (SSSR count). The Kier molecular flexibility index (Phi) is 5.49. The van der Waals surface area contributed by atoms with E-state index in [1.54, 1.807) is 6.20 Å². The van der Waals surface area contributed by atoms with Crippen LogP contribution in [-0.4, -0.2) is 10.4 Å². The first-order valence-corrected chi connectivity index (χ1v) is 6.18. The number of alkyl halides is 1. The van der Waals surface area contributed by atoms with Crippen LogP contribution in [0.3, 0.4) is 0 Å². The zero-order chi connectivity index (χ0) is 10.4. The Hall–Kier alpha value is -0.0800. The van der Waals surface area contributed by atoms with Gasteiger partial charge in [0.2, 0.25) is 0 Å². The number of rotatable bonds is 5. The number of halogens is 2. The van der Waals surface area contributed by atoms with E-state index in [1.165, 1.54) is 5.56 Å². The van der Waals surface area contributed by atoms with Crippen molar-refractivity contribution >= 4 is 27.5 Å². The van der Waals surface area contributed by atoms with E-state index in [4.69, 9.17) is 11.6 Å². The minimum atomic E-state index is 0.305. The van der Waals surface area contributed by atoms with Gasteiger partial charge in [-0.25, -0.2) is 0 Å². The Bertz CT molecular complexity index is 278. The second kappa shape index (κ2) is 6.41. The van der Waals surface area contributed by atoms with Crippen LogP contribution >= 0.6 is 27.5 Å². The van der Waals surface area contributed by atoms with Crippen molar-refractivity contribution < 1.29 is 0 Å². The highest BCUT2D eigenvalue weighted by atomic mass is 79.9. The summed E-state index contributed by atoms with van der Waals surface area (Å²) in [7, 11) is 0. The Balaban J connectivity index is 2.37. The maximum atomic E-state index is 6.14. The van der Waals surface area contributed by atoms with Gasteiger partial charge in [-0.1, -0.05) is 13.3 Å². The van der Waals surface area contributed by atoms with E-state index < -0.39 is 0 Å². The molecule has 0 aromatic carbocycles. The van der Waals surface area contributed by atoms with Crippen LogP contribution in [0.15, 0.2) is 22.9 Å². The zero-order valence-corrected chi connectivity index (χ0v) is 10.7. The number of hydrogen-bond acceptors (Lipinski definition) is 1. The quantitative estimate of drug-likeness (QED) is 0.735. The monoisotopic (exact) mass is 275 g/mol. The lowest BCUT2D eigenvalue weighted by Gasteiger charge is -2.07. The summed E-state index contributed by atoms with van der Waals surface area (Å²) in [6.45, 7) is 2.16.